The van der Waals surface area contributed by atoms with Crippen LogP contribution in [0.2, 0.25) is 0 Å². The lowest BCUT2D eigenvalue weighted by molar-refractivity contribution is 0.199. The zero-order valence-corrected chi connectivity index (χ0v) is 15.1. The van der Waals surface area contributed by atoms with Gasteiger partial charge in [-0.15, -0.1) is 0 Å². The van der Waals surface area contributed by atoms with E-state index >= 15 is 0 Å². The first-order valence-corrected chi connectivity index (χ1v) is 8.52. The summed E-state index contributed by atoms with van der Waals surface area (Å²) in [5.74, 6) is 1.58. The molecule has 3 N–H and O–H groups in total. The Kier molecular flexibility index (Phi) is 7.51. The third-order valence-corrected chi connectivity index (χ3v) is 3.18. The van der Waals surface area contributed by atoms with Crippen LogP contribution in [0.3, 0.4) is 0 Å². The number of pyridine rings is 1. The fourth-order valence-corrected chi connectivity index (χ4v) is 2.36. The van der Waals surface area contributed by atoms with Gasteiger partial charge in [-0.1, -0.05) is 41.0 Å². The van der Waals surface area contributed by atoms with Crippen molar-refractivity contribution in [1.82, 2.24) is 15.0 Å². The van der Waals surface area contributed by atoms with Crippen LogP contribution in [0, 0.1) is 6.92 Å². The average Bonchev–Trinajstić information content (AvgIpc) is 2.71. The molecule has 6 heteroatoms. The average molecular weight is 319 g/mol. The number of ether oxygens (including phenoxy) is 1. The number of hydrogen-bond acceptors (Lipinski definition) is 6. The first kappa shape index (κ1) is 18.9. The zero-order chi connectivity index (χ0) is 17.4. The fraction of sp³-hybridized carbons (Fsp3) is 0.588. The van der Waals surface area contributed by atoms with Crippen LogP contribution in [-0.2, 0) is 0 Å². The molecule has 0 spiro atoms. The third kappa shape index (κ3) is 4.43. The molecule has 2 aromatic heterocycles. The molecule has 3 rings (SSSR count). The molecule has 6 nitrogen and oxygen atoms in total. The van der Waals surface area contributed by atoms with Crippen molar-refractivity contribution < 1.29 is 4.74 Å². The maximum atomic E-state index is 6.00. The van der Waals surface area contributed by atoms with E-state index in [1.807, 2.05) is 40.7 Å². The van der Waals surface area contributed by atoms with Gasteiger partial charge in [-0.25, -0.2) is 9.97 Å². The van der Waals surface area contributed by atoms with E-state index < -0.39 is 0 Å². The summed E-state index contributed by atoms with van der Waals surface area (Å²) in [6.07, 6.45) is 2.13. The summed E-state index contributed by atoms with van der Waals surface area (Å²) in [6.45, 7) is 12.8. The van der Waals surface area contributed by atoms with E-state index in [4.69, 9.17) is 10.5 Å². The third-order valence-electron chi connectivity index (χ3n) is 3.18. The molecule has 0 radical (unpaired) electrons. The number of hydrogen-bond donors (Lipinski definition) is 2. The number of nitrogens with zero attached hydrogens (tertiary/aromatic N) is 3. The van der Waals surface area contributed by atoms with Crippen molar-refractivity contribution in [3.63, 3.8) is 0 Å². The minimum Gasteiger partial charge on any atom is -0.472 e. The normalized spacial score (nSPS) is 15.1. The molecule has 0 saturated heterocycles. The van der Waals surface area contributed by atoms with Crippen molar-refractivity contribution in [3.8, 4) is 5.88 Å². The van der Waals surface area contributed by atoms with Crippen molar-refractivity contribution in [2.45, 2.75) is 60.5 Å². The van der Waals surface area contributed by atoms with Crippen LogP contribution >= 0.6 is 0 Å². The Balaban J connectivity index is 0.000000615. The molecule has 23 heavy (non-hydrogen) atoms. The molecular formula is C17H29N5O. The predicted molar refractivity (Wildman–Crippen MR) is 97.0 cm³/mol. The van der Waals surface area contributed by atoms with Gasteiger partial charge in [-0.3, -0.25) is 0 Å². The van der Waals surface area contributed by atoms with Gasteiger partial charge in [-0.05, 0) is 19.4 Å². The van der Waals surface area contributed by atoms with Crippen molar-refractivity contribution in [2.24, 2.45) is 0 Å². The largest absolute Gasteiger partial charge is 0.472 e. The molecule has 1 unspecified atom stereocenters. The van der Waals surface area contributed by atoms with Crippen LogP contribution in [-0.4, -0.2) is 27.6 Å². The van der Waals surface area contributed by atoms with E-state index in [1.165, 1.54) is 0 Å². The lowest BCUT2D eigenvalue weighted by Crippen LogP contribution is -2.24. The van der Waals surface area contributed by atoms with Gasteiger partial charge in [0.15, 0.2) is 0 Å². The predicted octanol–water partition coefficient (Wildman–Crippen LogP) is 3.94. The molecule has 0 fully saturated rings. The zero-order valence-electron chi connectivity index (χ0n) is 15.1. The topological polar surface area (TPSA) is 86.0 Å². The Bertz CT molecular complexity index is 625. The van der Waals surface area contributed by atoms with Gasteiger partial charge < -0.3 is 15.8 Å². The van der Waals surface area contributed by atoms with Crippen LogP contribution in [0.5, 0.6) is 5.88 Å². The molecule has 1 atom stereocenters. The van der Waals surface area contributed by atoms with Gasteiger partial charge in [0.2, 0.25) is 11.8 Å². The number of nitrogens with two attached hydrogens (primary N) is 1. The second-order valence-electron chi connectivity index (χ2n) is 4.80. The van der Waals surface area contributed by atoms with Crippen LogP contribution in [0.25, 0.3) is 10.9 Å². The van der Waals surface area contributed by atoms with Crippen molar-refractivity contribution in [3.05, 3.63) is 11.8 Å². The summed E-state index contributed by atoms with van der Waals surface area (Å²) in [5.41, 5.74) is 7.38. The standard InChI is InChI=1S/C13H17N5O.2C2H6/c1-3-4-8-6-15-11-10-9(17-13(14)18-11)5-7(2)16-12(10)19-8;2*1-2/h5,8H,3-4,6H2,1-2H3,(H3,14,15,17,18);2*1-2H3. The Morgan fingerprint density at radius 3 is 2.57 bits per heavy atom. The molecular weight excluding hydrogens is 290 g/mol. The summed E-state index contributed by atoms with van der Waals surface area (Å²) in [7, 11) is 0. The first-order chi connectivity index (χ1) is 11.2. The minimum atomic E-state index is 0.0953. The molecule has 0 aromatic carbocycles. The number of nitrogens with one attached hydrogen (secondary N) is 1. The van der Waals surface area contributed by atoms with Crippen molar-refractivity contribution in [1.29, 1.82) is 0 Å². The van der Waals surface area contributed by atoms with Crippen LogP contribution < -0.4 is 15.8 Å². The van der Waals surface area contributed by atoms with E-state index in [2.05, 4.69) is 27.2 Å². The van der Waals surface area contributed by atoms with Crippen LogP contribution in [0.15, 0.2) is 6.07 Å². The molecule has 0 saturated carbocycles. The molecule has 0 aliphatic carbocycles. The molecule has 2 aromatic rings. The molecule has 1 aliphatic heterocycles. The lowest BCUT2D eigenvalue weighted by Gasteiger charge is -2.15. The van der Waals surface area contributed by atoms with Gasteiger partial charge in [0.05, 0.1) is 12.1 Å². The smallest absolute Gasteiger partial charge is 0.227 e. The number of anilines is 2. The molecule has 0 amide bonds. The van der Waals surface area contributed by atoms with E-state index in [-0.39, 0.29) is 12.1 Å². The van der Waals surface area contributed by atoms with Gasteiger partial charge in [0.25, 0.3) is 0 Å². The highest BCUT2D eigenvalue weighted by atomic mass is 16.5. The van der Waals surface area contributed by atoms with Crippen molar-refractivity contribution >= 4 is 22.7 Å². The van der Waals surface area contributed by atoms with Gasteiger partial charge >= 0.3 is 0 Å². The maximum Gasteiger partial charge on any atom is 0.227 e. The van der Waals surface area contributed by atoms with Gasteiger partial charge in [0, 0.05) is 5.69 Å². The monoisotopic (exact) mass is 319 g/mol. The number of nitrogen functional groups attached to an aromatic ring is 1. The molecule has 3 heterocycles. The van der Waals surface area contributed by atoms with Gasteiger partial charge in [0.1, 0.15) is 17.3 Å². The highest BCUT2D eigenvalue weighted by molar-refractivity contribution is 5.94. The maximum absolute atomic E-state index is 6.00. The summed E-state index contributed by atoms with van der Waals surface area (Å²) in [5, 5.41) is 4.11. The first-order valence-electron chi connectivity index (χ1n) is 8.52. The highest BCUT2D eigenvalue weighted by Crippen LogP contribution is 2.33. The van der Waals surface area contributed by atoms with E-state index in [0.717, 1.165) is 29.4 Å². The fourth-order valence-electron chi connectivity index (χ4n) is 2.36. The summed E-state index contributed by atoms with van der Waals surface area (Å²) >= 11 is 0. The Labute approximate surface area is 138 Å². The number of rotatable bonds is 2. The highest BCUT2D eigenvalue weighted by Gasteiger charge is 2.22. The van der Waals surface area contributed by atoms with Gasteiger partial charge in [-0.2, -0.15) is 4.98 Å². The van der Waals surface area contributed by atoms with Crippen molar-refractivity contribution in [2.75, 3.05) is 17.6 Å². The SMILES string of the molecule is CC.CC.CCCC1CNc2nc(N)nc3cc(C)nc(c23)O1. The quantitative estimate of drug-likeness (QED) is 0.872. The minimum absolute atomic E-state index is 0.0953. The Morgan fingerprint density at radius 1 is 1.22 bits per heavy atom. The second kappa shape index (κ2) is 9.12. The van der Waals surface area contributed by atoms with E-state index in [9.17, 15) is 0 Å². The molecule has 1 aliphatic rings. The summed E-state index contributed by atoms with van der Waals surface area (Å²) in [6, 6.07) is 1.89. The Morgan fingerprint density at radius 2 is 1.91 bits per heavy atom. The lowest BCUT2D eigenvalue weighted by atomic mass is 10.2. The molecule has 128 valence electrons. The van der Waals surface area contributed by atoms with E-state index in [0.29, 0.717) is 18.2 Å². The second-order valence-corrected chi connectivity index (χ2v) is 4.80. The van der Waals surface area contributed by atoms with E-state index in [1.54, 1.807) is 0 Å². The number of aromatic nitrogens is 3. The summed E-state index contributed by atoms with van der Waals surface area (Å²) in [4.78, 5) is 13.0. The number of aryl methyl sites for hydroxylation is 1. The Hall–Kier alpha value is -2.11. The van der Waals surface area contributed by atoms with Crippen LogP contribution in [0.4, 0.5) is 11.8 Å². The summed E-state index contributed by atoms with van der Waals surface area (Å²) < 4.78 is 6.00. The van der Waals surface area contributed by atoms with Crippen LogP contribution in [0.1, 0.15) is 53.2 Å². The molecule has 0 bridgehead atoms.